The van der Waals surface area contributed by atoms with E-state index in [-0.39, 0.29) is 17.5 Å². The van der Waals surface area contributed by atoms with Crippen LogP contribution in [0.1, 0.15) is 47.5 Å². The summed E-state index contributed by atoms with van der Waals surface area (Å²) in [4.78, 5) is 28.8. The van der Waals surface area contributed by atoms with Crippen LogP contribution in [0.2, 0.25) is 0 Å². The second kappa shape index (κ2) is 5.38. The van der Waals surface area contributed by atoms with Gasteiger partial charge < -0.3 is 10.0 Å². The molecule has 0 radical (unpaired) electrons. The molecular formula is C14H18N2O3. The standard InChI is InChI=1S/C14H18N2O3/c1-9-5-6-16(10(2)7-9)13(17)12-4-3-11(8-15-12)14(18)19/h3-4,8-10H,5-7H2,1-2H3,(H,18,19). The van der Waals surface area contributed by atoms with Crippen molar-refractivity contribution in [2.24, 2.45) is 5.92 Å². The molecular weight excluding hydrogens is 244 g/mol. The van der Waals surface area contributed by atoms with Crippen LogP contribution in [-0.4, -0.2) is 39.5 Å². The molecule has 1 aliphatic rings. The van der Waals surface area contributed by atoms with Gasteiger partial charge in [0.1, 0.15) is 5.69 Å². The summed E-state index contributed by atoms with van der Waals surface area (Å²) in [5, 5.41) is 8.80. The van der Waals surface area contributed by atoms with Crippen LogP contribution >= 0.6 is 0 Å². The molecule has 5 nitrogen and oxygen atoms in total. The van der Waals surface area contributed by atoms with Gasteiger partial charge in [-0.2, -0.15) is 0 Å². The van der Waals surface area contributed by atoms with E-state index in [4.69, 9.17) is 5.11 Å². The maximum absolute atomic E-state index is 12.3. The highest BCUT2D eigenvalue weighted by atomic mass is 16.4. The van der Waals surface area contributed by atoms with Crippen molar-refractivity contribution in [1.29, 1.82) is 0 Å². The van der Waals surface area contributed by atoms with Crippen LogP contribution < -0.4 is 0 Å². The fraction of sp³-hybridized carbons (Fsp3) is 0.500. The summed E-state index contributed by atoms with van der Waals surface area (Å²) in [5.41, 5.74) is 0.406. The van der Waals surface area contributed by atoms with E-state index in [0.29, 0.717) is 11.6 Å². The maximum atomic E-state index is 12.3. The van der Waals surface area contributed by atoms with Crippen molar-refractivity contribution in [1.82, 2.24) is 9.88 Å². The first-order valence-electron chi connectivity index (χ1n) is 6.49. The Morgan fingerprint density at radius 2 is 2.11 bits per heavy atom. The van der Waals surface area contributed by atoms with Crippen LogP contribution in [0.15, 0.2) is 18.3 Å². The van der Waals surface area contributed by atoms with Gasteiger partial charge in [0.2, 0.25) is 0 Å². The van der Waals surface area contributed by atoms with Gasteiger partial charge in [-0.05, 0) is 37.8 Å². The van der Waals surface area contributed by atoms with Gasteiger partial charge in [0.25, 0.3) is 5.91 Å². The Bertz CT molecular complexity index is 484. The number of carboxylic acids is 1. The number of carboxylic acid groups (broad SMARTS) is 1. The number of rotatable bonds is 2. The number of carbonyl (C=O) groups excluding carboxylic acids is 1. The number of piperidine rings is 1. The number of aromatic nitrogens is 1. The van der Waals surface area contributed by atoms with E-state index in [9.17, 15) is 9.59 Å². The molecule has 0 aromatic carbocycles. The third-order valence-corrected chi connectivity index (χ3v) is 3.63. The van der Waals surface area contributed by atoms with Crippen LogP contribution in [0.4, 0.5) is 0 Å². The number of hydrogen-bond acceptors (Lipinski definition) is 3. The van der Waals surface area contributed by atoms with Crippen LogP contribution in [-0.2, 0) is 0 Å². The maximum Gasteiger partial charge on any atom is 0.337 e. The van der Waals surface area contributed by atoms with Crippen molar-refractivity contribution in [3.05, 3.63) is 29.6 Å². The van der Waals surface area contributed by atoms with Gasteiger partial charge in [-0.3, -0.25) is 9.78 Å². The SMILES string of the molecule is CC1CCN(C(=O)c2ccc(C(=O)O)cn2)C(C)C1. The highest BCUT2D eigenvalue weighted by molar-refractivity contribution is 5.94. The zero-order valence-electron chi connectivity index (χ0n) is 11.2. The Morgan fingerprint density at radius 3 is 2.63 bits per heavy atom. The molecule has 0 bridgehead atoms. The number of hydrogen-bond donors (Lipinski definition) is 1. The van der Waals surface area contributed by atoms with Gasteiger partial charge in [-0.15, -0.1) is 0 Å². The molecule has 2 unspecified atom stereocenters. The number of pyridine rings is 1. The molecule has 1 N–H and O–H groups in total. The lowest BCUT2D eigenvalue weighted by Gasteiger charge is -2.36. The average Bonchev–Trinajstić information content (AvgIpc) is 2.38. The Kier molecular flexibility index (Phi) is 3.83. The zero-order valence-corrected chi connectivity index (χ0v) is 11.2. The predicted octanol–water partition coefficient (Wildman–Crippen LogP) is 2.04. The number of carbonyl (C=O) groups is 2. The molecule has 5 heteroatoms. The molecule has 2 rings (SSSR count). The number of nitrogens with zero attached hydrogens (tertiary/aromatic N) is 2. The third-order valence-electron chi connectivity index (χ3n) is 3.63. The Balaban J connectivity index is 2.13. The molecule has 1 fully saturated rings. The second-order valence-electron chi connectivity index (χ2n) is 5.21. The van der Waals surface area contributed by atoms with E-state index in [1.165, 1.54) is 18.3 Å². The summed E-state index contributed by atoms with van der Waals surface area (Å²) in [7, 11) is 0. The van der Waals surface area contributed by atoms with Crippen molar-refractivity contribution >= 4 is 11.9 Å². The lowest BCUT2D eigenvalue weighted by Crippen LogP contribution is -2.44. The minimum atomic E-state index is -1.04. The van der Waals surface area contributed by atoms with Crippen molar-refractivity contribution in [2.75, 3.05) is 6.54 Å². The highest BCUT2D eigenvalue weighted by Crippen LogP contribution is 2.23. The topological polar surface area (TPSA) is 70.5 Å². The van der Waals surface area contributed by atoms with Crippen molar-refractivity contribution < 1.29 is 14.7 Å². The monoisotopic (exact) mass is 262 g/mol. The molecule has 1 aliphatic heterocycles. The number of aromatic carboxylic acids is 1. The van der Waals surface area contributed by atoms with E-state index in [1.54, 1.807) is 0 Å². The molecule has 1 aromatic heterocycles. The smallest absolute Gasteiger partial charge is 0.337 e. The molecule has 0 saturated carbocycles. The Hall–Kier alpha value is -1.91. The van der Waals surface area contributed by atoms with Crippen LogP contribution in [0.25, 0.3) is 0 Å². The summed E-state index contributed by atoms with van der Waals surface area (Å²) in [6, 6.07) is 3.10. The molecule has 1 amide bonds. The first kappa shape index (κ1) is 13.5. The van der Waals surface area contributed by atoms with E-state index >= 15 is 0 Å². The van der Waals surface area contributed by atoms with Gasteiger partial charge >= 0.3 is 5.97 Å². The van der Waals surface area contributed by atoms with Crippen molar-refractivity contribution in [3.8, 4) is 0 Å². The molecule has 0 spiro atoms. The lowest BCUT2D eigenvalue weighted by molar-refractivity contribution is 0.0580. The number of amides is 1. The molecule has 0 aliphatic carbocycles. The quantitative estimate of drug-likeness (QED) is 0.885. The summed E-state index contributed by atoms with van der Waals surface area (Å²) in [5.74, 6) is -0.510. The minimum absolute atomic E-state index is 0.0943. The minimum Gasteiger partial charge on any atom is -0.478 e. The van der Waals surface area contributed by atoms with Gasteiger partial charge in [0, 0.05) is 18.8 Å². The van der Waals surface area contributed by atoms with Crippen LogP contribution in [0.3, 0.4) is 0 Å². The third kappa shape index (κ3) is 2.92. The van der Waals surface area contributed by atoms with Crippen molar-refractivity contribution in [3.63, 3.8) is 0 Å². The zero-order chi connectivity index (χ0) is 14.0. The van der Waals surface area contributed by atoms with Gasteiger partial charge in [0.15, 0.2) is 0 Å². The summed E-state index contributed by atoms with van der Waals surface area (Å²) < 4.78 is 0. The molecule has 2 atom stereocenters. The summed E-state index contributed by atoms with van der Waals surface area (Å²) in [6.45, 7) is 4.97. The van der Waals surface area contributed by atoms with Gasteiger partial charge in [-0.25, -0.2) is 4.79 Å². The molecule has 19 heavy (non-hydrogen) atoms. The van der Waals surface area contributed by atoms with E-state index in [2.05, 4.69) is 11.9 Å². The van der Waals surface area contributed by atoms with Crippen molar-refractivity contribution in [2.45, 2.75) is 32.7 Å². The predicted molar refractivity (Wildman–Crippen MR) is 70.1 cm³/mol. The summed E-state index contributed by atoms with van der Waals surface area (Å²) >= 11 is 0. The highest BCUT2D eigenvalue weighted by Gasteiger charge is 2.28. The second-order valence-corrected chi connectivity index (χ2v) is 5.21. The molecule has 1 aromatic rings. The first-order chi connectivity index (χ1) is 8.99. The largest absolute Gasteiger partial charge is 0.478 e. The normalized spacial score (nSPS) is 23.2. The van der Waals surface area contributed by atoms with E-state index in [1.807, 2.05) is 11.8 Å². The fourth-order valence-corrected chi connectivity index (χ4v) is 2.50. The van der Waals surface area contributed by atoms with Gasteiger partial charge in [0.05, 0.1) is 5.56 Å². The van der Waals surface area contributed by atoms with E-state index < -0.39 is 5.97 Å². The molecule has 2 heterocycles. The molecule has 1 saturated heterocycles. The molecule has 102 valence electrons. The fourth-order valence-electron chi connectivity index (χ4n) is 2.50. The first-order valence-corrected chi connectivity index (χ1v) is 6.49. The average molecular weight is 262 g/mol. The number of likely N-dealkylation sites (tertiary alicyclic amines) is 1. The Labute approximate surface area is 112 Å². The Morgan fingerprint density at radius 1 is 1.37 bits per heavy atom. The van der Waals surface area contributed by atoms with Crippen LogP contribution in [0.5, 0.6) is 0 Å². The van der Waals surface area contributed by atoms with E-state index in [0.717, 1.165) is 19.4 Å². The lowest BCUT2D eigenvalue weighted by atomic mass is 9.93. The summed E-state index contributed by atoms with van der Waals surface area (Å²) in [6.07, 6.45) is 3.23. The van der Waals surface area contributed by atoms with Crippen LogP contribution in [0, 0.1) is 5.92 Å². The van der Waals surface area contributed by atoms with Gasteiger partial charge in [-0.1, -0.05) is 6.92 Å².